The summed E-state index contributed by atoms with van der Waals surface area (Å²) in [6.07, 6.45) is 1.12. The van der Waals surface area contributed by atoms with Crippen molar-refractivity contribution >= 4 is 23.6 Å². The minimum atomic E-state index is -1.07. The topological polar surface area (TPSA) is 66.4 Å². The summed E-state index contributed by atoms with van der Waals surface area (Å²) in [5.41, 5.74) is 0. The summed E-state index contributed by atoms with van der Waals surface area (Å²) in [5.74, 6) is 0.350. The molecule has 1 rings (SSSR count). The number of rotatable bonds is 4. The molecule has 0 aromatic rings. The molecule has 0 saturated carbocycles. The molecule has 1 amide bonds. The fourth-order valence-corrected chi connectivity index (χ4v) is 2.54. The molecule has 0 bridgehead atoms. The summed E-state index contributed by atoms with van der Waals surface area (Å²) in [7, 11) is 0. The van der Waals surface area contributed by atoms with E-state index in [1.165, 1.54) is 6.92 Å². The van der Waals surface area contributed by atoms with Crippen LogP contribution in [-0.4, -0.2) is 35.0 Å². The Labute approximate surface area is 87.4 Å². The van der Waals surface area contributed by atoms with Gasteiger partial charge >= 0.3 is 5.97 Å². The zero-order chi connectivity index (χ0) is 10.6. The second-order valence-corrected chi connectivity index (χ2v) is 4.68. The van der Waals surface area contributed by atoms with Crippen molar-refractivity contribution in [3.8, 4) is 0 Å². The molecule has 0 aromatic carbocycles. The number of carboxylic acids is 1. The minimum Gasteiger partial charge on any atom is -0.481 e. The van der Waals surface area contributed by atoms with Gasteiger partial charge in [0.05, 0.1) is 0 Å². The van der Waals surface area contributed by atoms with Gasteiger partial charge in [-0.05, 0) is 30.8 Å². The van der Waals surface area contributed by atoms with Crippen LogP contribution in [0.5, 0.6) is 0 Å². The van der Waals surface area contributed by atoms with Crippen molar-refractivity contribution in [2.24, 2.45) is 11.8 Å². The van der Waals surface area contributed by atoms with Gasteiger partial charge < -0.3 is 10.4 Å². The molecule has 1 fully saturated rings. The van der Waals surface area contributed by atoms with Crippen LogP contribution in [-0.2, 0) is 9.59 Å². The predicted molar refractivity (Wildman–Crippen MR) is 55.2 cm³/mol. The van der Waals surface area contributed by atoms with Crippen LogP contribution >= 0.6 is 11.8 Å². The van der Waals surface area contributed by atoms with Gasteiger partial charge in [-0.25, -0.2) is 0 Å². The van der Waals surface area contributed by atoms with E-state index in [2.05, 4.69) is 5.32 Å². The maximum Gasteiger partial charge on any atom is 0.315 e. The average Bonchev–Trinajstić information content (AvgIpc) is 2.65. The Hall–Kier alpha value is -0.710. The van der Waals surface area contributed by atoms with Crippen molar-refractivity contribution < 1.29 is 14.7 Å². The quantitative estimate of drug-likeness (QED) is 0.676. The molecule has 2 unspecified atom stereocenters. The first-order valence-electron chi connectivity index (χ1n) is 4.69. The molecule has 1 heterocycles. The van der Waals surface area contributed by atoms with Gasteiger partial charge in [-0.3, -0.25) is 9.59 Å². The fraction of sp³-hybridized carbons (Fsp3) is 0.778. The van der Waals surface area contributed by atoms with Gasteiger partial charge in [-0.2, -0.15) is 11.8 Å². The molecule has 0 aromatic heterocycles. The van der Waals surface area contributed by atoms with Gasteiger partial charge in [-0.15, -0.1) is 0 Å². The lowest BCUT2D eigenvalue weighted by Gasteiger charge is -2.11. The molecule has 0 radical (unpaired) electrons. The lowest BCUT2D eigenvalue weighted by molar-refractivity contribution is -0.146. The number of hydrogen-bond acceptors (Lipinski definition) is 3. The molecule has 14 heavy (non-hydrogen) atoms. The maximum atomic E-state index is 11.2. The van der Waals surface area contributed by atoms with Crippen LogP contribution in [0, 0.1) is 11.8 Å². The summed E-state index contributed by atoms with van der Waals surface area (Å²) in [5, 5.41) is 11.3. The monoisotopic (exact) mass is 217 g/mol. The van der Waals surface area contributed by atoms with Crippen LogP contribution in [0.4, 0.5) is 0 Å². The highest BCUT2D eigenvalue weighted by Crippen LogP contribution is 2.22. The third kappa shape index (κ3) is 3.21. The van der Waals surface area contributed by atoms with E-state index in [1.807, 2.05) is 11.8 Å². The number of amides is 1. The summed E-state index contributed by atoms with van der Waals surface area (Å²) in [4.78, 5) is 21.7. The number of hydrogen-bond donors (Lipinski definition) is 2. The Kier molecular flexibility index (Phi) is 4.25. The summed E-state index contributed by atoms with van der Waals surface area (Å²) in [6, 6.07) is 0. The zero-order valence-electron chi connectivity index (χ0n) is 8.16. The Bertz CT molecular complexity index is 226. The normalized spacial score (nSPS) is 23.1. The number of aliphatic carboxylic acids is 1. The van der Waals surface area contributed by atoms with Gasteiger partial charge in [-0.1, -0.05) is 0 Å². The number of carbonyl (C=O) groups excluding carboxylic acids is 1. The van der Waals surface area contributed by atoms with Crippen molar-refractivity contribution in [2.45, 2.75) is 13.3 Å². The fourth-order valence-electron chi connectivity index (χ4n) is 1.25. The van der Waals surface area contributed by atoms with E-state index in [-0.39, 0.29) is 5.91 Å². The Morgan fingerprint density at radius 1 is 1.64 bits per heavy atom. The van der Waals surface area contributed by atoms with Gasteiger partial charge in [0.15, 0.2) is 0 Å². The lowest BCUT2D eigenvalue weighted by Crippen LogP contribution is -2.36. The number of carboxylic acid groups (broad SMARTS) is 1. The summed E-state index contributed by atoms with van der Waals surface area (Å²) in [6.45, 7) is 2.02. The number of carbonyl (C=O) groups is 2. The Balaban J connectivity index is 2.23. The van der Waals surface area contributed by atoms with E-state index in [9.17, 15) is 9.59 Å². The summed E-state index contributed by atoms with van der Waals surface area (Å²) >= 11 is 1.88. The molecule has 1 aliphatic heterocycles. The van der Waals surface area contributed by atoms with Crippen molar-refractivity contribution in [1.82, 2.24) is 5.32 Å². The van der Waals surface area contributed by atoms with Crippen LogP contribution in [0.2, 0.25) is 0 Å². The maximum absolute atomic E-state index is 11.2. The van der Waals surface area contributed by atoms with Crippen LogP contribution in [0.1, 0.15) is 13.3 Å². The SMILES string of the molecule is CC(C(=O)O)C(=O)NCC1CCSC1. The minimum absolute atomic E-state index is 0.380. The third-order valence-electron chi connectivity index (χ3n) is 2.35. The molecule has 1 aliphatic rings. The first-order valence-corrected chi connectivity index (χ1v) is 5.85. The number of thioether (sulfide) groups is 1. The standard InChI is InChI=1S/C9H15NO3S/c1-6(9(12)13)8(11)10-4-7-2-3-14-5-7/h6-7H,2-5H2,1H3,(H,10,11)(H,12,13). The molecule has 0 spiro atoms. The van der Waals surface area contributed by atoms with Crippen molar-refractivity contribution in [2.75, 3.05) is 18.1 Å². The molecule has 4 nitrogen and oxygen atoms in total. The van der Waals surface area contributed by atoms with E-state index in [0.29, 0.717) is 12.5 Å². The highest BCUT2D eigenvalue weighted by atomic mass is 32.2. The van der Waals surface area contributed by atoms with Crippen molar-refractivity contribution in [3.05, 3.63) is 0 Å². The largest absolute Gasteiger partial charge is 0.481 e. The Morgan fingerprint density at radius 2 is 2.36 bits per heavy atom. The zero-order valence-corrected chi connectivity index (χ0v) is 8.97. The molecule has 2 atom stereocenters. The predicted octanol–water partition coefficient (Wildman–Crippen LogP) is 0.576. The van der Waals surface area contributed by atoms with E-state index < -0.39 is 11.9 Å². The molecular formula is C9H15NO3S. The molecule has 0 aliphatic carbocycles. The molecule has 2 N–H and O–H groups in total. The number of nitrogens with one attached hydrogen (secondary N) is 1. The van der Waals surface area contributed by atoms with Crippen LogP contribution < -0.4 is 5.32 Å². The lowest BCUT2D eigenvalue weighted by atomic mass is 10.1. The van der Waals surface area contributed by atoms with Gasteiger partial charge in [0.2, 0.25) is 5.91 Å². The highest BCUT2D eigenvalue weighted by molar-refractivity contribution is 7.99. The van der Waals surface area contributed by atoms with Crippen molar-refractivity contribution in [3.63, 3.8) is 0 Å². The molecule has 80 valence electrons. The van der Waals surface area contributed by atoms with E-state index in [1.54, 1.807) is 0 Å². The van der Waals surface area contributed by atoms with Crippen LogP contribution in [0.3, 0.4) is 0 Å². The van der Waals surface area contributed by atoms with E-state index >= 15 is 0 Å². The van der Waals surface area contributed by atoms with Gasteiger partial charge in [0.25, 0.3) is 0 Å². The van der Waals surface area contributed by atoms with E-state index in [0.717, 1.165) is 17.9 Å². The third-order valence-corrected chi connectivity index (χ3v) is 3.58. The molecule has 1 saturated heterocycles. The summed E-state index contributed by atoms with van der Waals surface area (Å²) < 4.78 is 0. The average molecular weight is 217 g/mol. The van der Waals surface area contributed by atoms with Crippen LogP contribution in [0.25, 0.3) is 0 Å². The van der Waals surface area contributed by atoms with Crippen LogP contribution in [0.15, 0.2) is 0 Å². The highest BCUT2D eigenvalue weighted by Gasteiger charge is 2.22. The first kappa shape index (κ1) is 11.4. The Morgan fingerprint density at radius 3 is 2.86 bits per heavy atom. The smallest absolute Gasteiger partial charge is 0.315 e. The van der Waals surface area contributed by atoms with Crippen molar-refractivity contribution in [1.29, 1.82) is 0 Å². The molecular weight excluding hydrogens is 202 g/mol. The molecule has 5 heteroatoms. The first-order chi connectivity index (χ1) is 6.61. The van der Waals surface area contributed by atoms with Gasteiger partial charge in [0, 0.05) is 6.54 Å². The second-order valence-electron chi connectivity index (χ2n) is 3.53. The second kappa shape index (κ2) is 5.24. The van der Waals surface area contributed by atoms with E-state index in [4.69, 9.17) is 5.11 Å². The van der Waals surface area contributed by atoms with Gasteiger partial charge in [0.1, 0.15) is 5.92 Å².